The third kappa shape index (κ3) is 4.03. The first-order valence-electron chi connectivity index (χ1n) is 6.85. The molecule has 1 aromatic heterocycles. The molecule has 1 heterocycles. The Hall–Kier alpha value is -2.96. The van der Waals surface area contributed by atoms with Crippen molar-refractivity contribution in [2.24, 2.45) is 7.05 Å². The van der Waals surface area contributed by atoms with E-state index >= 15 is 0 Å². The van der Waals surface area contributed by atoms with Gasteiger partial charge in [0.2, 0.25) is 0 Å². The number of hydrogen-bond acceptors (Lipinski definition) is 5. The van der Waals surface area contributed by atoms with Crippen LogP contribution < -0.4 is 14.8 Å². The Bertz CT molecular complexity index is 708. The van der Waals surface area contributed by atoms with Crippen molar-refractivity contribution >= 4 is 17.6 Å². The van der Waals surface area contributed by atoms with Crippen LogP contribution in [0.2, 0.25) is 0 Å². The summed E-state index contributed by atoms with van der Waals surface area (Å²) in [5.74, 6) is 0.0341. The molecule has 7 nitrogen and oxygen atoms in total. The number of benzene rings is 1. The third-order valence-corrected chi connectivity index (χ3v) is 3.17. The zero-order valence-corrected chi connectivity index (χ0v) is 13.2. The van der Waals surface area contributed by atoms with E-state index in [1.54, 1.807) is 48.1 Å². The Balaban J connectivity index is 1.95. The fraction of sp³-hybridized carbons (Fsp3) is 0.250. The van der Waals surface area contributed by atoms with E-state index in [2.05, 4.69) is 5.32 Å². The normalized spacial score (nSPS) is 10.0. The smallest absolute Gasteiger partial charge is 0.355 e. The van der Waals surface area contributed by atoms with E-state index in [-0.39, 0.29) is 6.61 Å². The first kappa shape index (κ1) is 16.4. The highest BCUT2D eigenvalue weighted by Crippen LogP contribution is 2.28. The van der Waals surface area contributed by atoms with Crippen molar-refractivity contribution in [3.8, 4) is 11.5 Å². The van der Waals surface area contributed by atoms with Gasteiger partial charge in [-0.1, -0.05) is 0 Å². The molecule has 0 fully saturated rings. The van der Waals surface area contributed by atoms with Gasteiger partial charge in [-0.2, -0.15) is 0 Å². The number of aryl methyl sites for hydroxylation is 1. The second-order valence-electron chi connectivity index (χ2n) is 4.69. The van der Waals surface area contributed by atoms with E-state index in [9.17, 15) is 9.59 Å². The van der Waals surface area contributed by atoms with Gasteiger partial charge in [0.15, 0.2) is 6.61 Å². The molecule has 0 unspecified atom stereocenters. The van der Waals surface area contributed by atoms with Gasteiger partial charge >= 0.3 is 5.97 Å². The average Bonchev–Trinajstić information content (AvgIpc) is 2.99. The highest BCUT2D eigenvalue weighted by molar-refractivity contribution is 5.96. The van der Waals surface area contributed by atoms with Crippen LogP contribution >= 0.6 is 0 Å². The third-order valence-electron chi connectivity index (χ3n) is 3.17. The summed E-state index contributed by atoms with van der Waals surface area (Å²) < 4.78 is 16.9. The number of hydrogen-bond donors (Lipinski definition) is 1. The van der Waals surface area contributed by atoms with Gasteiger partial charge in [-0.25, -0.2) is 4.79 Å². The van der Waals surface area contributed by atoms with Crippen LogP contribution in [0.3, 0.4) is 0 Å². The molecule has 2 aromatic rings. The number of aromatic nitrogens is 1. The Labute approximate surface area is 133 Å². The SMILES string of the molecule is COc1ccc(NC(=O)COC(=O)c2cccn2C)c(OC)c1. The van der Waals surface area contributed by atoms with Gasteiger partial charge in [0, 0.05) is 19.3 Å². The predicted octanol–water partition coefficient (Wildman–Crippen LogP) is 1.84. The summed E-state index contributed by atoms with van der Waals surface area (Å²) in [6.07, 6.45) is 1.72. The van der Waals surface area contributed by atoms with E-state index in [1.165, 1.54) is 14.2 Å². The standard InChI is InChI=1S/C16H18N2O5/c1-18-8-4-5-13(18)16(20)23-10-15(19)17-12-7-6-11(21-2)9-14(12)22-3/h4-9H,10H2,1-3H3,(H,17,19). The monoisotopic (exact) mass is 318 g/mol. The zero-order valence-electron chi connectivity index (χ0n) is 13.2. The van der Waals surface area contributed by atoms with Crippen LogP contribution in [0.15, 0.2) is 36.5 Å². The molecule has 1 aromatic carbocycles. The molecule has 0 bridgehead atoms. The lowest BCUT2D eigenvalue weighted by Gasteiger charge is -2.12. The molecule has 0 aliphatic heterocycles. The van der Waals surface area contributed by atoms with Crippen molar-refractivity contribution in [2.45, 2.75) is 0 Å². The number of rotatable bonds is 6. The van der Waals surface area contributed by atoms with Gasteiger partial charge in [-0.3, -0.25) is 4.79 Å². The quantitative estimate of drug-likeness (QED) is 0.822. The molecule has 0 saturated carbocycles. The van der Waals surface area contributed by atoms with Crippen molar-refractivity contribution in [2.75, 3.05) is 26.1 Å². The number of amides is 1. The molecule has 0 spiro atoms. The predicted molar refractivity (Wildman–Crippen MR) is 83.9 cm³/mol. The summed E-state index contributed by atoms with van der Waals surface area (Å²) >= 11 is 0. The molecule has 122 valence electrons. The molecular weight excluding hydrogens is 300 g/mol. The molecule has 2 rings (SSSR count). The van der Waals surface area contributed by atoms with Gasteiger partial charge in [-0.05, 0) is 24.3 Å². The maximum atomic E-state index is 11.9. The van der Waals surface area contributed by atoms with E-state index in [0.717, 1.165) is 0 Å². The van der Waals surface area contributed by atoms with E-state index in [4.69, 9.17) is 14.2 Å². The number of anilines is 1. The Morgan fingerprint density at radius 1 is 1.17 bits per heavy atom. The van der Waals surface area contributed by atoms with Crippen LogP contribution in [-0.2, 0) is 16.6 Å². The number of nitrogens with one attached hydrogen (secondary N) is 1. The lowest BCUT2D eigenvalue weighted by Crippen LogP contribution is -2.22. The second kappa shape index (κ2) is 7.35. The van der Waals surface area contributed by atoms with E-state index in [0.29, 0.717) is 22.9 Å². The van der Waals surface area contributed by atoms with Crippen molar-refractivity contribution < 1.29 is 23.8 Å². The van der Waals surface area contributed by atoms with Crippen molar-refractivity contribution in [3.63, 3.8) is 0 Å². The molecule has 0 saturated heterocycles. The van der Waals surface area contributed by atoms with Crippen LogP contribution in [0.5, 0.6) is 11.5 Å². The summed E-state index contributed by atoms with van der Waals surface area (Å²) in [5.41, 5.74) is 0.841. The first-order valence-corrected chi connectivity index (χ1v) is 6.85. The number of carbonyl (C=O) groups excluding carboxylic acids is 2. The van der Waals surface area contributed by atoms with Gasteiger partial charge < -0.3 is 24.1 Å². The molecule has 1 amide bonds. The molecular formula is C16H18N2O5. The highest BCUT2D eigenvalue weighted by Gasteiger charge is 2.14. The van der Waals surface area contributed by atoms with Crippen LogP contribution in [0.1, 0.15) is 10.5 Å². The van der Waals surface area contributed by atoms with Gasteiger partial charge in [0.25, 0.3) is 5.91 Å². The topological polar surface area (TPSA) is 78.8 Å². The molecule has 23 heavy (non-hydrogen) atoms. The molecule has 0 radical (unpaired) electrons. The number of methoxy groups -OCH3 is 2. The summed E-state index contributed by atoms with van der Waals surface area (Å²) in [6.45, 7) is -0.390. The first-order chi connectivity index (χ1) is 11.0. The number of ether oxygens (including phenoxy) is 3. The molecule has 1 N–H and O–H groups in total. The minimum absolute atomic E-state index is 0.375. The summed E-state index contributed by atoms with van der Waals surface area (Å²) in [5, 5.41) is 2.62. The highest BCUT2D eigenvalue weighted by atomic mass is 16.5. The second-order valence-corrected chi connectivity index (χ2v) is 4.69. The van der Waals surface area contributed by atoms with E-state index < -0.39 is 11.9 Å². The van der Waals surface area contributed by atoms with Crippen LogP contribution in [0.25, 0.3) is 0 Å². The summed E-state index contributed by atoms with van der Waals surface area (Å²) in [7, 11) is 4.74. The molecule has 0 atom stereocenters. The number of esters is 1. The molecule has 7 heteroatoms. The van der Waals surface area contributed by atoms with Gasteiger partial charge in [-0.15, -0.1) is 0 Å². The molecule has 0 aliphatic carbocycles. The van der Waals surface area contributed by atoms with Gasteiger partial charge in [0.1, 0.15) is 17.2 Å². The van der Waals surface area contributed by atoms with Crippen LogP contribution in [-0.4, -0.2) is 37.3 Å². The zero-order chi connectivity index (χ0) is 16.8. The Morgan fingerprint density at radius 3 is 2.57 bits per heavy atom. The summed E-state index contributed by atoms with van der Waals surface area (Å²) in [6, 6.07) is 8.32. The lowest BCUT2D eigenvalue weighted by atomic mass is 10.2. The Kier molecular flexibility index (Phi) is 5.24. The lowest BCUT2D eigenvalue weighted by molar-refractivity contribution is -0.119. The average molecular weight is 318 g/mol. The molecule has 0 aliphatic rings. The van der Waals surface area contributed by atoms with Crippen LogP contribution in [0, 0.1) is 0 Å². The maximum absolute atomic E-state index is 11.9. The van der Waals surface area contributed by atoms with Crippen LogP contribution in [0.4, 0.5) is 5.69 Å². The number of carbonyl (C=O) groups is 2. The number of nitrogens with zero attached hydrogens (tertiary/aromatic N) is 1. The van der Waals surface area contributed by atoms with Gasteiger partial charge in [0.05, 0.1) is 19.9 Å². The minimum Gasteiger partial charge on any atom is -0.497 e. The Morgan fingerprint density at radius 2 is 1.96 bits per heavy atom. The maximum Gasteiger partial charge on any atom is 0.355 e. The largest absolute Gasteiger partial charge is 0.497 e. The van der Waals surface area contributed by atoms with Crippen molar-refractivity contribution in [3.05, 3.63) is 42.2 Å². The summed E-state index contributed by atoms with van der Waals surface area (Å²) in [4.78, 5) is 23.7. The van der Waals surface area contributed by atoms with Crippen molar-refractivity contribution in [1.82, 2.24) is 4.57 Å². The van der Waals surface area contributed by atoms with Crippen molar-refractivity contribution in [1.29, 1.82) is 0 Å². The fourth-order valence-corrected chi connectivity index (χ4v) is 1.97. The van der Waals surface area contributed by atoms with E-state index in [1.807, 2.05) is 0 Å². The minimum atomic E-state index is -0.561. The fourth-order valence-electron chi connectivity index (χ4n) is 1.97.